The Hall–Kier alpha value is -0.570. The lowest BCUT2D eigenvalue weighted by Gasteiger charge is -2.38. The van der Waals surface area contributed by atoms with Crippen LogP contribution in [0, 0.1) is 5.92 Å². The minimum atomic E-state index is 0.181. The van der Waals surface area contributed by atoms with E-state index in [4.69, 9.17) is 0 Å². The lowest BCUT2D eigenvalue weighted by Crippen LogP contribution is -2.48. The molecule has 3 heteroatoms. The third-order valence-electron chi connectivity index (χ3n) is 3.65. The van der Waals surface area contributed by atoms with Crippen LogP contribution in [0.25, 0.3) is 0 Å². The SMILES string of the molecule is CC(C)(C)N1CC2CCCC(C1)C(=O)N2. The monoisotopic (exact) mass is 210 g/mol. The molecule has 2 heterocycles. The second-order valence-electron chi connectivity index (χ2n) is 5.91. The van der Waals surface area contributed by atoms with Gasteiger partial charge in [-0.15, -0.1) is 0 Å². The van der Waals surface area contributed by atoms with Crippen LogP contribution in [-0.4, -0.2) is 35.5 Å². The average molecular weight is 210 g/mol. The fourth-order valence-electron chi connectivity index (χ4n) is 2.60. The first-order valence-electron chi connectivity index (χ1n) is 6.02. The number of carbonyl (C=O) groups excluding carboxylic acids is 1. The molecule has 0 aliphatic carbocycles. The number of nitrogens with one attached hydrogen (secondary N) is 1. The van der Waals surface area contributed by atoms with E-state index in [1.807, 2.05) is 0 Å². The van der Waals surface area contributed by atoms with Gasteiger partial charge in [0.15, 0.2) is 0 Å². The van der Waals surface area contributed by atoms with E-state index in [9.17, 15) is 4.79 Å². The molecule has 2 aliphatic rings. The number of amides is 1. The first kappa shape index (κ1) is 10.9. The van der Waals surface area contributed by atoms with Crippen LogP contribution >= 0.6 is 0 Å². The highest BCUT2D eigenvalue weighted by Gasteiger charge is 2.36. The summed E-state index contributed by atoms with van der Waals surface area (Å²) >= 11 is 0. The summed E-state index contributed by atoms with van der Waals surface area (Å²) in [7, 11) is 0. The highest BCUT2D eigenvalue weighted by molar-refractivity contribution is 5.79. The molecule has 0 radical (unpaired) electrons. The minimum absolute atomic E-state index is 0.181. The largest absolute Gasteiger partial charge is 0.352 e. The molecule has 2 rings (SSSR count). The molecule has 2 bridgehead atoms. The van der Waals surface area contributed by atoms with E-state index in [1.165, 1.54) is 6.42 Å². The van der Waals surface area contributed by atoms with Gasteiger partial charge >= 0.3 is 0 Å². The van der Waals surface area contributed by atoms with Crippen molar-refractivity contribution in [3.63, 3.8) is 0 Å². The normalized spacial score (nSPS) is 33.4. The van der Waals surface area contributed by atoms with Gasteiger partial charge in [0, 0.05) is 24.7 Å². The Morgan fingerprint density at radius 2 is 2.00 bits per heavy atom. The molecule has 2 aliphatic heterocycles. The number of nitrogens with zero attached hydrogens (tertiary/aromatic N) is 1. The van der Waals surface area contributed by atoms with E-state index < -0.39 is 0 Å². The zero-order valence-electron chi connectivity index (χ0n) is 10.0. The van der Waals surface area contributed by atoms with E-state index in [1.54, 1.807) is 0 Å². The molecule has 0 saturated carbocycles. The second-order valence-corrected chi connectivity index (χ2v) is 5.91. The summed E-state index contributed by atoms with van der Waals surface area (Å²) in [5.41, 5.74) is 0.181. The summed E-state index contributed by atoms with van der Waals surface area (Å²) < 4.78 is 0. The number of carbonyl (C=O) groups is 1. The van der Waals surface area contributed by atoms with Crippen molar-refractivity contribution in [3.8, 4) is 0 Å². The summed E-state index contributed by atoms with van der Waals surface area (Å²) in [4.78, 5) is 14.3. The number of fused-ring (bicyclic) bond motifs is 3. The Kier molecular flexibility index (Phi) is 2.75. The van der Waals surface area contributed by atoms with Crippen LogP contribution in [0.4, 0.5) is 0 Å². The maximum absolute atomic E-state index is 11.8. The van der Waals surface area contributed by atoms with Crippen LogP contribution in [0.2, 0.25) is 0 Å². The third kappa shape index (κ3) is 2.33. The number of likely N-dealkylation sites (tertiary alicyclic amines) is 1. The zero-order chi connectivity index (χ0) is 11.1. The Morgan fingerprint density at radius 3 is 2.67 bits per heavy atom. The van der Waals surface area contributed by atoms with Crippen LogP contribution in [-0.2, 0) is 4.79 Å². The van der Waals surface area contributed by atoms with Gasteiger partial charge in [-0.3, -0.25) is 9.69 Å². The molecule has 0 aromatic heterocycles. The Balaban J connectivity index is 2.17. The second kappa shape index (κ2) is 3.78. The van der Waals surface area contributed by atoms with Gasteiger partial charge in [-0.25, -0.2) is 0 Å². The van der Waals surface area contributed by atoms with Gasteiger partial charge in [-0.1, -0.05) is 6.42 Å². The van der Waals surface area contributed by atoms with Crippen molar-refractivity contribution in [1.82, 2.24) is 10.2 Å². The fourth-order valence-corrected chi connectivity index (χ4v) is 2.60. The van der Waals surface area contributed by atoms with E-state index in [-0.39, 0.29) is 17.4 Å². The highest BCUT2D eigenvalue weighted by Crippen LogP contribution is 2.26. The Morgan fingerprint density at radius 1 is 1.27 bits per heavy atom. The van der Waals surface area contributed by atoms with Crippen molar-refractivity contribution in [3.05, 3.63) is 0 Å². The number of hydrogen-bond acceptors (Lipinski definition) is 2. The van der Waals surface area contributed by atoms with Gasteiger partial charge in [0.05, 0.1) is 5.92 Å². The van der Waals surface area contributed by atoms with E-state index in [0.29, 0.717) is 6.04 Å². The third-order valence-corrected chi connectivity index (χ3v) is 3.65. The molecule has 0 aromatic carbocycles. The standard InChI is InChI=1S/C12H22N2O/c1-12(2,3)14-7-9-5-4-6-10(8-14)13-11(9)15/h9-10H,4-8H2,1-3H3,(H,13,15). The molecule has 2 atom stereocenters. The van der Waals surface area contributed by atoms with Gasteiger partial charge in [-0.2, -0.15) is 0 Å². The lowest BCUT2D eigenvalue weighted by atomic mass is 9.95. The molecule has 0 spiro atoms. The van der Waals surface area contributed by atoms with Crippen LogP contribution in [0.15, 0.2) is 0 Å². The topological polar surface area (TPSA) is 32.3 Å². The lowest BCUT2D eigenvalue weighted by molar-refractivity contribution is -0.124. The van der Waals surface area contributed by atoms with Gasteiger partial charge in [0.1, 0.15) is 0 Å². The molecule has 2 unspecified atom stereocenters. The Bertz CT molecular complexity index is 257. The summed E-state index contributed by atoms with van der Waals surface area (Å²) in [6, 6.07) is 0.379. The predicted molar refractivity (Wildman–Crippen MR) is 60.6 cm³/mol. The van der Waals surface area contributed by atoms with Crippen LogP contribution in [0.3, 0.4) is 0 Å². The van der Waals surface area contributed by atoms with Crippen molar-refractivity contribution >= 4 is 5.91 Å². The van der Waals surface area contributed by atoms with Crippen molar-refractivity contribution < 1.29 is 4.79 Å². The minimum Gasteiger partial charge on any atom is -0.352 e. The first-order valence-corrected chi connectivity index (χ1v) is 6.02. The molecular weight excluding hydrogens is 188 g/mol. The summed E-state index contributed by atoms with van der Waals surface area (Å²) in [6.45, 7) is 8.66. The molecule has 15 heavy (non-hydrogen) atoms. The van der Waals surface area contributed by atoms with Crippen molar-refractivity contribution in [2.75, 3.05) is 13.1 Å². The van der Waals surface area contributed by atoms with Gasteiger partial charge in [0.25, 0.3) is 0 Å². The smallest absolute Gasteiger partial charge is 0.224 e. The summed E-state index contributed by atoms with van der Waals surface area (Å²) in [6.07, 6.45) is 3.41. The molecular formula is C12H22N2O. The number of hydrogen-bond donors (Lipinski definition) is 1. The molecule has 86 valence electrons. The van der Waals surface area contributed by atoms with Crippen LogP contribution in [0.5, 0.6) is 0 Å². The van der Waals surface area contributed by atoms with Gasteiger partial charge < -0.3 is 5.32 Å². The molecule has 0 aromatic rings. The molecule has 3 nitrogen and oxygen atoms in total. The quantitative estimate of drug-likeness (QED) is 0.655. The maximum atomic E-state index is 11.8. The van der Waals surface area contributed by atoms with Crippen LogP contribution < -0.4 is 5.32 Å². The zero-order valence-corrected chi connectivity index (χ0v) is 10.0. The van der Waals surface area contributed by atoms with Crippen molar-refractivity contribution in [2.45, 2.75) is 51.6 Å². The van der Waals surface area contributed by atoms with Crippen molar-refractivity contribution in [1.29, 1.82) is 0 Å². The molecule has 2 fully saturated rings. The number of rotatable bonds is 0. The Labute approximate surface area is 92.2 Å². The van der Waals surface area contributed by atoms with E-state index in [2.05, 4.69) is 31.0 Å². The maximum Gasteiger partial charge on any atom is 0.224 e. The average Bonchev–Trinajstić information content (AvgIpc) is 2.30. The molecule has 1 N–H and O–H groups in total. The van der Waals surface area contributed by atoms with Crippen molar-refractivity contribution in [2.24, 2.45) is 5.92 Å². The first-order chi connectivity index (χ1) is 6.97. The summed E-state index contributed by atoms with van der Waals surface area (Å²) in [5.74, 6) is 0.501. The van der Waals surface area contributed by atoms with E-state index in [0.717, 1.165) is 25.9 Å². The predicted octanol–water partition coefficient (Wildman–Crippen LogP) is 1.39. The molecule has 1 amide bonds. The van der Waals surface area contributed by atoms with Gasteiger partial charge in [-0.05, 0) is 33.6 Å². The molecule has 2 saturated heterocycles. The fraction of sp³-hybridized carbons (Fsp3) is 0.917. The van der Waals surface area contributed by atoms with Crippen LogP contribution in [0.1, 0.15) is 40.0 Å². The van der Waals surface area contributed by atoms with E-state index >= 15 is 0 Å². The highest BCUT2D eigenvalue weighted by atomic mass is 16.2. The van der Waals surface area contributed by atoms with Gasteiger partial charge in [0.2, 0.25) is 5.91 Å². The summed E-state index contributed by atoms with van der Waals surface area (Å²) in [5, 5.41) is 3.16.